The molecule has 2 N–H and O–H groups in total. The van der Waals surface area contributed by atoms with Crippen LogP contribution in [0.5, 0.6) is 0 Å². The van der Waals surface area contributed by atoms with Crippen molar-refractivity contribution in [3.05, 3.63) is 17.3 Å². The van der Waals surface area contributed by atoms with E-state index in [2.05, 4.69) is 4.74 Å². The van der Waals surface area contributed by atoms with Gasteiger partial charge in [-0.05, 0) is 24.8 Å². The molecule has 0 saturated heterocycles. The largest absolute Gasteiger partial charge is 0.465 e. The van der Waals surface area contributed by atoms with E-state index in [-0.39, 0.29) is 5.97 Å². The van der Waals surface area contributed by atoms with Gasteiger partial charge >= 0.3 is 5.97 Å². The summed E-state index contributed by atoms with van der Waals surface area (Å²) < 4.78 is 6.53. The van der Waals surface area contributed by atoms with Gasteiger partial charge in [0.2, 0.25) is 0 Å². The summed E-state index contributed by atoms with van der Waals surface area (Å²) in [6.07, 6.45) is 2.38. The molecule has 1 aromatic heterocycles. The van der Waals surface area contributed by atoms with Gasteiger partial charge in [-0.15, -0.1) is 0 Å². The summed E-state index contributed by atoms with van der Waals surface area (Å²) in [4.78, 5) is 11.3. The van der Waals surface area contributed by atoms with Crippen molar-refractivity contribution in [1.82, 2.24) is 4.57 Å². The lowest BCUT2D eigenvalue weighted by Gasteiger charge is -2.02. The van der Waals surface area contributed by atoms with E-state index in [0.717, 1.165) is 5.69 Å². The van der Waals surface area contributed by atoms with Crippen LogP contribution in [-0.4, -0.2) is 17.6 Å². The predicted molar refractivity (Wildman–Crippen MR) is 53.1 cm³/mol. The Kier molecular flexibility index (Phi) is 1.98. The van der Waals surface area contributed by atoms with Gasteiger partial charge in [0.15, 0.2) is 0 Å². The molecule has 4 nitrogen and oxygen atoms in total. The van der Waals surface area contributed by atoms with E-state index in [1.54, 1.807) is 0 Å². The SMILES string of the molecule is COC(=O)c1cc(C2CC2)n(C)c1N. The molecule has 0 aliphatic heterocycles. The molecule has 1 aromatic rings. The molecule has 1 aliphatic carbocycles. The average Bonchev–Trinajstić information content (AvgIpc) is 2.97. The summed E-state index contributed by atoms with van der Waals surface area (Å²) in [6, 6.07) is 1.85. The fourth-order valence-electron chi connectivity index (χ4n) is 1.68. The molecule has 0 spiro atoms. The Morgan fingerprint density at radius 1 is 1.64 bits per heavy atom. The highest BCUT2D eigenvalue weighted by Crippen LogP contribution is 2.41. The van der Waals surface area contributed by atoms with Crippen LogP contribution in [0.1, 0.15) is 34.8 Å². The Morgan fingerprint density at radius 3 is 2.79 bits per heavy atom. The van der Waals surface area contributed by atoms with Crippen LogP contribution in [0, 0.1) is 0 Å². The first-order chi connectivity index (χ1) is 6.65. The number of nitrogens with two attached hydrogens (primary N) is 1. The zero-order chi connectivity index (χ0) is 10.3. The molecule has 4 heteroatoms. The maximum atomic E-state index is 11.3. The molecule has 0 bridgehead atoms. The number of hydrogen-bond donors (Lipinski definition) is 1. The third-order valence-electron chi connectivity index (χ3n) is 2.72. The van der Waals surface area contributed by atoms with E-state index < -0.39 is 0 Å². The second-order valence-electron chi connectivity index (χ2n) is 3.69. The van der Waals surface area contributed by atoms with Gasteiger partial charge < -0.3 is 15.0 Å². The van der Waals surface area contributed by atoms with Crippen molar-refractivity contribution in [1.29, 1.82) is 0 Å². The first-order valence-corrected chi connectivity index (χ1v) is 4.68. The minimum Gasteiger partial charge on any atom is -0.465 e. The number of esters is 1. The number of nitrogen functional groups attached to an aromatic ring is 1. The van der Waals surface area contributed by atoms with Gasteiger partial charge in [-0.3, -0.25) is 0 Å². The molecule has 76 valence electrons. The van der Waals surface area contributed by atoms with E-state index in [1.807, 2.05) is 17.7 Å². The van der Waals surface area contributed by atoms with Crippen molar-refractivity contribution in [3.63, 3.8) is 0 Å². The van der Waals surface area contributed by atoms with Crippen LogP contribution in [0.3, 0.4) is 0 Å². The number of hydrogen-bond acceptors (Lipinski definition) is 3. The Hall–Kier alpha value is -1.45. The Balaban J connectivity index is 2.41. The van der Waals surface area contributed by atoms with Crippen molar-refractivity contribution >= 4 is 11.8 Å². The smallest absolute Gasteiger partial charge is 0.341 e. The molecule has 2 rings (SSSR count). The number of anilines is 1. The van der Waals surface area contributed by atoms with Crippen LogP contribution in [-0.2, 0) is 11.8 Å². The molecule has 0 aromatic carbocycles. The number of nitrogens with zero attached hydrogens (tertiary/aromatic N) is 1. The highest BCUT2D eigenvalue weighted by molar-refractivity contribution is 5.94. The molecule has 0 unspecified atom stereocenters. The van der Waals surface area contributed by atoms with Gasteiger partial charge in [-0.1, -0.05) is 0 Å². The highest BCUT2D eigenvalue weighted by Gasteiger charge is 2.29. The molecule has 1 aliphatic rings. The minimum atomic E-state index is -0.356. The first kappa shape index (κ1) is 9.12. The van der Waals surface area contributed by atoms with E-state index >= 15 is 0 Å². The minimum absolute atomic E-state index is 0.356. The molecule has 1 heterocycles. The molecule has 1 fully saturated rings. The molecule has 0 radical (unpaired) electrons. The number of methoxy groups -OCH3 is 1. The molecule has 14 heavy (non-hydrogen) atoms. The first-order valence-electron chi connectivity index (χ1n) is 4.68. The summed E-state index contributed by atoms with van der Waals surface area (Å²) in [7, 11) is 3.25. The van der Waals surface area contributed by atoms with Crippen molar-refractivity contribution < 1.29 is 9.53 Å². The van der Waals surface area contributed by atoms with Crippen LogP contribution in [0.4, 0.5) is 5.82 Å². The summed E-state index contributed by atoms with van der Waals surface area (Å²) in [6.45, 7) is 0. The van der Waals surface area contributed by atoms with Gasteiger partial charge in [0.1, 0.15) is 11.4 Å². The fourth-order valence-corrected chi connectivity index (χ4v) is 1.68. The third-order valence-corrected chi connectivity index (χ3v) is 2.72. The summed E-state index contributed by atoms with van der Waals surface area (Å²) in [5.74, 6) is 0.726. The van der Waals surface area contributed by atoms with E-state index in [9.17, 15) is 4.79 Å². The lowest BCUT2D eigenvalue weighted by molar-refractivity contribution is 0.0602. The zero-order valence-corrected chi connectivity index (χ0v) is 8.41. The number of carbonyl (C=O) groups is 1. The van der Waals surface area contributed by atoms with Gasteiger partial charge in [0, 0.05) is 12.7 Å². The molecular weight excluding hydrogens is 180 g/mol. The topological polar surface area (TPSA) is 57.2 Å². The number of carbonyl (C=O) groups excluding carboxylic acids is 1. The zero-order valence-electron chi connectivity index (χ0n) is 8.41. The maximum Gasteiger partial charge on any atom is 0.341 e. The quantitative estimate of drug-likeness (QED) is 0.721. The summed E-state index contributed by atoms with van der Waals surface area (Å²) in [5.41, 5.74) is 7.43. The van der Waals surface area contributed by atoms with Gasteiger partial charge in [0.25, 0.3) is 0 Å². The lowest BCUT2D eigenvalue weighted by Crippen LogP contribution is -2.06. The standard InChI is InChI=1S/C10H14N2O2/c1-12-8(6-3-4-6)5-7(9(12)11)10(13)14-2/h5-6H,3-4,11H2,1-2H3. The average molecular weight is 194 g/mol. The number of rotatable bonds is 2. The molecule has 1 saturated carbocycles. The number of ether oxygens (including phenoxy) is 1. The van der Waals surface area contributed by atoms with Crippen LogP contribution >= 0.6 is 0 Å². The lowest BCUT2D eigenvalue weighted by atomic mass is 10.2. The van der Waals surface area contributed by atoms with Crippen LogP contribution in [0.2, 0.25) is 0 Å². The van der Waals surface area contributed by atoms with Crippen molar-refractivity contribution in [3.8, 4) is 0 Å². The molecule has 0 amide bonds. The van der Waals surface area contributed by atoms with Crippen LogP contribution < -0.4 is 5.73 Å². The Bertz CT molecular complexity index is 378. The molecular formula is C10H14N2O2. The van der Waals surface area contributed by atoms with E-state index in [1.165, 1.54) is 20.0 Å². The Morgan fingerprint density at radius 2 is 2.29 bits per heavy atom. The Labute approximate surface area is 82.6 Å². The van der Waals surface area contributed by atoms with Crippen molar-refractivity contribution in [2.45, 2.75) is 18.8 Å². The van der Waals surface area contributed by atoms with Crippen LogP contribution in [0.25, 0.3) is 0 Å². The number of aromatic nitrogens is 1. The second kappa shape index (κ2) is 3.04. The van der Waals surface area contributed by atoms with Crippen LogP contribution in [0.15, 0.2) is 6.07 Å². The maximum absolute atomic E-state index is 11.3. The predicted octanol–water partition coefficient (Wildman–Crippen LogP) is 1.27. The summed E-state index contributed by atoms with van der Waals surface area (Å²) >= 11 is 0. The van der Waals surface area contributed by atoms with E-state index in [0.29, 0.717) is 17.3 Å². The molecule has 0 atom stereocenters. The normalized spacial score (nSPS) is 15.6. The van der Waals surface area contributed by atoms with Gasteiger partial charge in [0.05, 0.1) is 7.11 Å². The van der Waals surface area contributed by atoms with Crippen molar-refractivity contribution in [2.75, 3.05) is 12.8 Å². The second-order valence-corrected chi connectivity index (χ2v) is 3.69. The van der Waals surface area contributed by atoms with Gasteiger partial charge in [-0.2, -0.15) is 0 Å². The monoisotopic (exact) mass is 194 g/mol. The fraction of sp³-hybridized carbons (Fsp3) is 0.500. The third kappa shape index (κ3) is 1.27. The van der Waals surface area contributed by atoms with Gasteiger partial charge in [-0.25, -0.2) is 4.79 Å². The van der Waals surface area contributed by atoms with E-state index in [4.69, 9.17) is 5.73 Å². The summed E-state index contributed by atoms with van der Waals surface area (Å²) in [5, 5.41) is 0. The van der Waals surface area contributed by atoms with Crippen molar-refractivity contribution in [2.24, 2.45) is 7.05 Å². The highest BCUT2D eigenvalue weighted by atomic mass is 16.5.